The Balaban J connectivity index is 2.22. The molecular weight excluding hydrogens is 132 g/mol. The molecule has 0 bridgehead atoms. The van der Waals surface area contributed by atoms with E-state index in [0.29, 0.717) is 5.25 Å². The van der Waals surface area contributed by atoms with E-state index in [-0.39, 0.29) is 6.10 Å². The molecular formula is C7H14OS. The lowest BCUT2D eigenvalue weighted by Crippen LogP contribution is -2.16. The molecule has 1 heterocycles. The molecule has 1 N–H and O–H groups in total. The SMILES string of the molecule is CCCC1SCCC1O. The summed E-state index contributed by atoms with van der Waals surface area (Å²) >= 11 is 1.93. The van der Waals surface area contributed by atoms with Crippen molar-refractivity contribution in [3.8, 4) is 0 Å². The summed E-state index contributed by atoms with van der Waals surface area (Å²) in [4.78, 5) is 0. The summed E-state index contributed by atoms with van der Waals surface area (Å²) in [5, 5.41) is 9.85. The van der Waals surface area contributed by atoms with Crippen LogP contribution in [0.4, 0.5) is 0 Å². The normalized spacial score (nSPS) is 35.3. The minimum absolute atomic E-state index is 0.00468. The first-order valence-electron chi connectivity index (χ1n) is 3.64. The Labute approximate surface area is 60.8 Å². The molecule has 0 aliphatic carbocycles. The number of aliphatic hydroxyl groups excluding tert-OH is 1. The lowest BCUT2D eigenvalue weighted by Gasteiger charge is -2.10. The van der Waals surface area contributed by atoms with Crippen LogP contribution in [0, 0.1) is 0 Å². The van der Waals surface area contributed by atoms with Crippen LogP contribution in [0.3, 0.4) is 0 Å². The van der Waals surface area contributed by atoms with E-state index in [1.807, 2.05) is 11.8 Å². The highest BCUT2D eigenvalue weighted by molar-refractivity contribution is 8.00. The number of rotatable bonds is 2. The van der Waals surface area contributed by atoms with Gasteiger partial charge in [-0.3, -0.25) is 0 Å². The fourth-order valence-corrected chi connectivity index (χ4v) is 2.64. The summed E-state index contributed by atoms with van der Waals surface area (Å²) < 4.78 is 0. The molecule has 1 saturated heterocycles. The second-order valence-electron chi connectivity index (χ2n) is 2.55. The van der Waals surface area contributed by atoms with Crippen LogP contribution in [0.2, 0.25) is 0 Å². The Kier molecular flexibility index (Phi) is 2.86. The highest BCUT2D eigenvalue weighted by atomic mass is 32.2. The van der Waals surface area contributed by atoms with Crippen molar-refractivity contribution >= 4 is 11.8 Å². The van der Waals surface area contributed by atoms with Crippen LogP contribution in [-0.2, 0) is 0 Å². The van der Waals surface area contributed by atoms with Gasteiger partial charge >= 0.3 is 0 Å². The standard InChI is InChI=1S/C7H14OS/c1-2-3-7-6(8)4-5-9-7/h6-8H,2-5H2,1H3. The fraction of sp³-hybridized carbons (Fsp3) is 1.00. The summed E-state index contributed by atoms with van der Waals surface area (Å²) in [6.45, 7) is 2.17. The number of thioether (sulfide) groups is 1. The van der Waals surface area contributed by atoms with Gasteiger partial charge in [-0.25, -0.2) is 0 Å². The van der Waals surface area contributed by atoms with Crippen LogP contribution >= 0.6 is 11.8 Å². The van der Waals surface area contributed by atoms with Gasteiger partial charge in [-0.15, -0.1) is 0 Å². The summed E-state index contributed by atoms with van der Waals surface area (Å²) in [5.41, 5.74) is 0. The first-order chi connectivity index (χ1) is 4.34. The number of hydrogen-bond acceptors (Lipinski definition) is 2. The van der Waals surface area contributed by atoms with Crippen molar-refractivity contribution in [1.82, 2.24) is 0 Å². The largest absolute Gasteiger partial charge is 0.392 e. The van der Waals surface area contributed by atoms with Crippen LogP contribution in [0.15, 0.2) is 0 Å². The Morgan fingerprint density at radius 3 is 2.89 bits per heavy atom. The Hall–Kier alpha value is 0.310. The monoisotopic (exact) mass is 146 g/mol. The third-order valence-electron chi connectivity index (χ3n) is 1.75. The van der Waals surface area contributed by atoms with Crippen molar-refractivity contribution in [2.45, 2.75) is 37.5 Å². The topological polar surface area (TPSA) is 20.2 Å². The molecule has 2 heteroatoms. The van der Waals surface area contributed by atoms with Crippen LogP contribution < -0.4 is 0 Å². The molecule has 1 fully saturated rings. The van der Waals surface area contributed by atoms with Crippen LogP contribution in [-0.4, -0.2) is 22.2 Å². The van der Waals surface area contributed by atoms with E-state index in [4.69, 9.17) is 0 Å². The molecule has 54 valence electrons. The van der Waals surface area contributed by atoms with Gasteiger partial charge in [0.05, 0.1) is 6.10 Å². The zero-order chi connectivity index (χ0) is 6.69. The molecule has 0 aromatic heterocycles. The quantitative estimate of drug-likeness (QED) is 0.639. The molecule has 9 heavy (non-hydrogen) atoms. The molecule has 0 amide bonds. The Bertz CT molecular complexity index is 85.0. The predicted octanol–water partition coefficient (Wildman–Crippen LogP) is 1.65. The fourth-order valence-electron chi connectivity index (χ4n) is 1.20. The number of aliphatic hydroxyl groups is 1. The van der Waals surface area contributed by atoms with Crippen LogP contribution in [0.25, 0.3) is 0 Å². The van der Waals surface area contributed by atoms with Gasteiger partial charge in [0, 0.05) is 5.25 Å². The molecule has 1 nitrogen and oxygen atoms in total. The van der Waals surface area contributed by atoms with Crippen LogP contribution in [0.5, 0.6) is 0 Å². The van der Waals surface area contributed by atoms with Gasteiger partial charge in [0.15, 0.2) is 0 Å². The highest BCUT2D eigenvalue weighted by Crippen LogP contribution is 2.29. The molecule has 1 rings (SSSR count). The molecule has 0 aromatic rings. The summed E-state index contributed by atoms with van der Waals surface area (Å²) in [5.74, 6) is 1.16. The zero-order valence-electron chi connectivity index (χ0n) is 5.84. The maximum absolute atomic E-state index is 9.30. The van der Waals surface area contributed by atoms with Gasteiger partial charge in [0.25, 0.3) is 0 Å². The van der Waals surface area contributed by atoms with E-state index >= 15 is 0 Å². The zero-order valence-corrected chi connectivity index (χ0v) is 6.66. The summed E-state index contributed by atoms with van der Waals surface area (Å²) in [7, 11) is 0. The third-order valence-corrected chi connectivity index (χ3v) is 3.20. The third kappa shape index (κ3) is 1.87. The van der Waals surface area contributed by atoms with Gasteiger partial charge in [0.2, 0.25) is 0 Å². The van der Waals surface area contributed by atoms with Crippen molar-refractivity contribution in [3.63, 3.8) is 0 Å². The van der Waals surface area contributed by atoms with Crippen molar-refractivity contribution in [3.05, 3.63) is 0 Å². The van der Waals surface area contributed by atoms with E-state index < -0.39 is 0 Å². The van der Waals surface area contributed by atoms with Crippen LogP contribution in [0.1, 0.15) is 26.2 Å². The molecule has 0 aromatic carbocycles. The summed E-state index contributed by atoms with van der Waals surface area (Å²) in [6.07, 6.45) is 3.39. The maximum atomic E-state index is 9.30. The van der Waals surface area contributed by atoms with Crippen molar-refractivity contribution in [1.29, 1.82) is 0 Å². The van der Waals surface area contributed by atoms with Gasteiger partial charge in [-0.2, -0.15) is 11.8 Å². The molecule has 2 unspecified atom stereocenters. The summed E-state index contributed by atoms with van der Waals surface area (Å²) in [6, 6.07) is 0. The van der Waals surface area contributed by atoms with E-state index in [1.54, 1.807) is 0 Å². The predicted molar refractivity (Wildman–Crippen MR) is 41.8 cm³/mol. The number of hydrogen-bond donors (Lipinski definition) is 1. The van der Waals surface area contributed by atoms with Gasteiger partial charge < -0.3 is 5.11 Å². The van der Waals surface area contributed by atoms with Crippen molar-refractivity contribution < 1.29 is 5.11 Å². The lowest BCUT2D eigenvalue weighted by atomic mass is 10.1. The Morgan fingerprint density at radius 1 is 1.67 bits per heavy atom. The molecule has 0 saturated carbocycles. The first-order valence-corrected chi connectivity index (χ1v) is 4.69. The van der Waals surface area contributed by atoms with Crippen molar-refractivity contribution in [2.24, 2.45) is 0 Å². The molecule has 1 aliphatic heterocycles. The minimum Gasteiger partial charge on any atom is -0.392 e. The first kappa shape index (κ1) is 7.42. The van der Waals surface area contributed by atoms with Gasteiger partial charge in [-0.1, -0.05) is 13.3 Å². The second kappa shape index (κ2) is 3.47. The molecule has 2 atom stereocenters. The molecule has 1 aliphatic rings. The minimum atomic E-state index is -0.00468. The lowest BCUT2D eigenvalue weighted by molar-refractivity contribution is 0.172. The van der Waals surface area contributed by atoms with E-state index in [9.17, 15) is 5.11 Å². The molecule has 0 spiro atoms. The second-order valence-corrected chi connectivity index (χ2v) is 3.90. The van der Waals surface area contributed by atoms with Crippen molar-refractivity contribution in [2.75, 3.05) is 5.75 Å². The Morgan fingerprint density at radius 2 is 2.44 bits per heavy atom. The van der Waals surface area contributed by atoms with E-state index in [0.717, 1.165) is 12.2 Å². The van der Waals surface area contributed by atoms with E-state index in [1.165, 1.54) is 12.8 Å². The molecule has 0 radical (unpaired) electrons. The average molecular weight is 146 g/mol. The highest BCUT2D eigenvalue weighted by Gasteiger charge is 2.24. The van der Waals surface area contributed by atoms with E-state index in [2.05, 4.69) is 6.92 Å². The van der Waals surface area contributed by atoms with Gasteiger partial charge in [-0.05, 0) is 18.6 Å². The maximum Gasteiger partial charge on any atom is 0.0666 e. The smallest absolute Gasteiger partial charge is 0.0666 e. The van der Waals surface area contributed by atoms with Gasteiger partial charge in [0.1, 0.15) is 0 Å². The average Bonchev–Trinajstić information content (AvgIpc) is 2.18.